The van der Waals surface area contributed by atoms with Crippen LogP contribution in [-0.4, -0.2) is 18.1 Å². The largest absolute Gasteiger partial charge is 0.423 e. The number of aryl methyl sites for hydroxylation is 1. The van der Waals surface area contributed by atoms with Crippen LogP contribution in [0.5, 0.6) is 5.75 Å². The molecule has 29 heavy (non-hydrogen) atoms. The quantitative estimate of drug-likeness (QED) is 0.261. The number of esters is 1. The number of amides is 1. The zero-order chi connectivity index (χ0) is 20.8. The highest BCUT2D eigenvalue weighted by atomic mass is 35.5. The van der Waals surface area contributed by atoms with E-state index in [9.17, 15) is 9.59 Å². The van der Waals surface area contributed by atoms with E-state index in [4.69, 9.17) is 27.9 Å². The molecule has 5 nitrogen and oxygen atoms in total. The summed E-state index contributed by atoms with van der Waals surface area (Å²) in [6.07, 6.45) is 1.48. The molecule has 0 aliphatic heterocycles. The van der Waals surface area contributed by atoms with Gasteiger partial charge in [-0.05, 0) is 78.7 Å². The Morgan fingerprint density at radius 3 is 2.31 bits per heavy atom. The molecule has 0 atom stereocenters. The first-order valence-electron chi connectivity index (χ1n) is 8.60. The van der Waals surface area contributed by atoms with Crippen LogP contribution in [-0.2, 0) is 0 Å². The fourth-order valence-corrected chi connectivity index (χ4v) is 2.85. The Balaban J connectivity index is 1.57. The molecule has 146 valence electrons. The lowest BCUT2D eigenvalue weighted by atomic mass is 10.1. The minimum atomic E-state index is -0.481. The maximum atomic E-state index is 12.1. The predicted octanol–water partition coefficient (Wildman–Crippen LogP) is 5.28. The molecular weight excluding hydrogens is 411 g/mol. The van der Waals surface area contributed by atoms with E-state index in [0.717, 1.165) is 5.56 Å². The molecule has 3 rings (SSSR count). The van der Waals surface area contributed by atoms with Crippen LogP contribution in [0.3, 0.4) is 0 Å². The number of carbonyl (C=O) groups excluding carboxylic acids is 2. The van der Waals surface area contributed by atoms with Crippen LogP contribution < -0.4 is 10.2 Å². The summed E-state index contributed by atoms with van der Waals surface area (Å²) in [6, 6.07) is 18.3. The lowest BCUT2D eigenvalue weighted by molar-refractivity contribution is 0.0734. The number of nitrogens with zero attached hydrogens (tertiary/aromatic N) is 1. The number of hydrazone groups is 1. The number of ether oxygens (including phenoxy) is 1. The molecule has 0 saturated carbocycles. The number of benzene rings is 3. The molecule has 0 spiro atoms. The lowest BCUT2D eigenvalue weighted by Crippen LogP contribution is -2.18. The molecule has 0 unspecified atom stereocenters. The molecule has 0 bridgehead atoms. The van der Waals surface area contributed by atoms with E-state index >= 15 is 0 Å². The van der Waals surface area contributed by atoms with E-state index in [2.05, 4.69) is 10.5 Å². The maximum absolute atomic E-state index is 12.1. The van der Waals surface area contributed by atoms with Crippen molar-refractivity contribution in [3.63, 3.8) is 0 Å². The Labute approximate surface area is 177 Å². The summed E-state index contributed by atoms with van der Waals surface area (Å²) in [6.45, 7) is 1.89. The molecule has 0 aliphatic rings. The van der Waals surface area contributed by atoms with Gasteiger partial charge in [0.2, 0.25) is 0 Å². The molecule has 1 N–H and O–H groups in total. The van der Waals surface area contributed by atoms with Crippen molar-refractivity contribution in [1.82, 2.24) is 5.43 Å². The van der Waals surface area contributed by atoms with Crippen molar-refractivity contribution in [3.8, 4) is 5.75 Å². The third-order valence-electron chi connectivity index (χ3n) is 3.92. The van der Waals surface area contributed by atoms with Gasteiger partial charge in [-0.15, -0.1) is 0 Å². The molecular formula is C22H16Cl2N2O3. The van der Waals surface area contributed by atoms with Crippen LogP contribution in [0, 0.1) is 6.92 Å². The maximum Gasteiger partial charge on any atom is 0.343 e. The zero-order valence-electron chi connectivity index (χ0n) is 15.4. The zero-order valence-corrected chi connectivity index (χ0v) is 16.9. The monoisotopic (exact) mass is 426 g/mol. The van der Waals surface area contributed by atoms with Gasteiger partial charge in [0.25, 0.3) is 5.91 Å². The Morgan fingerprint density at radius 2 is 1.66 bits per heavy atom. The summed E-state index contributed by atoms with van der Waals surface area (Å²) >= 11 is 11.9. The second kappa shape index (κ2) is 9.37. The van der Waals surface area contributed by atoms with Crippen LogP contribution in [0.4, 0.5) is 0 Å². The van der Waals surface area contributed by atoms with Gasteiger partial charge in [-0.1, -0.05) is 29.3 Å². The number of carbonyl (C=O) groups is 2. The second-order valence-electron chi connectivity index (χ2n) is 6.15. The molecule has 0 aliphatic carbocycles. The topological polar surface area (TPSA) is 67.8 Å². The minimum Gasteiger partial charge on any atom is -0.423 e. The minimum absolute atomic E-state index is 0.346. The van der Waals surface area contributed by atoms with Gasteiger partial charge in [-0.3, -0.25) is 4.79 Å². The van der Waals surface area contributed by atoms with Crippen molar-refractivity contribution >= 4 is 41.3 Å². The van der Waals surface area contributed by atoms with Gasteiger partial charge in [0.15, 0.2) is 0 Å². The third kappa shape index (κ3) is 5.67. The molecule has 0 radical (unpaired) electrons. The van der Waals surface area contributed by atoms with Crippen molar-refractivity contribution in [1.29, 1.82) is 0 Å². The predicted molar refractivity (Wildman–Crippen MR) is 114 cm³/mol. The number of nitrogens with one attached hydrogen (secondary N) is 1. The van der Waals surface area contributed by atoms with Gasteiger partial charge >= 0.3 is 5.97 Å². The van der Waals surface area contributed by atoms with E-state index in [0.29, 0.717) is 32.5 Å². The molecule has 3 aromatic carbocycles. The van der Waals surface area contributed by atoms with Gasteiger partial charge in [0.05, 0.1) is 22.4 Å². The molecule has 0 fully saturated rings. The van der Waals surface area contributed by atoms with Crippen LogP contribution in [0.2, 0.25) is 10.0 Å². The van der Waals surface area contributed by atoms with Gasteiger partial charge < -0.3 is 4.74 Å². The fraction of sp³-hybridized carbons (Fsp3) is 0.0455. The van der Waals surface area contributed by atoms with Crippen molar-refractivity contribution in [2.75, 3.05) is 0 Å². The molecule has 0 saturated heterocycles. The smallest absolute Gasteiger partial charge is 0.343 e. The highest BCUT2D eigenvalue weighted by Crippen LogP contribution is 2.18. The summed E-state index contributed by atoms with van der Waals surface area (Å²) in [5.74, 6) is -0.498. The SMILES string of the molecule is Cc1ccc(C(=O)N/N=C/c2ccc(OC(=O)c3ccc(Cl)cc3)cc2)c(Cl)c1. The molecule has 0 heterocycles. The summed E-state index contributed by atoms with van der Waals surface area (Å²) in [5, 5.41) is 4.83. The van der Waals surface area contributed by atoms with Crippen LogP contribution >= 0.6 is 23.2 Å². The van der Waals surface area contributed by atoms with E-state index < -0.39 is 11.9 Å². The van der Waals surface area contributed by atoms with Crippen LogP contribution in [0.15, 0.2) is 71.8 Å². The molecule has 7 heteroatoms. The second-order valence-corrected chi connectivity index (χ2v) is 6.99. The van der Waals surface area contributed by atoms with Crippen molar-refractivity contribution < 1.29 is 14.3 Å². The van der Waals surface area contributed by atoms with Crippen molar-refractivity contribution in [3.05, 3.63) is 99.0 Å². The van der Waals surface area contributed by atoms with Crippen LogP contribution in [0.1, 0.15) is 31.8 Å². The van der Waals surface area contributed by atoms with Crippen molar-refractivity contribution in [2.24, 2.45) is 5.10 Å². The first-order chi connectivity index (χ1) is 13.9. The van der Waals surface area contributed by atoms with Gasteiger partial charge in [0.1, 0.15) is 5.75 Å². The highest BCUT2D eigenvalue weighted by molar-refractivity contribution is 6.33. The summed E-state index contributed by atoms with van der Waals surface area (Å²) < 4.78 is 5.31. The van der Waals surface area contributed by atoms with Gasteiger partial charge in [-0.25, -0.2) is 10.2 Å². The number of hydrogen-bond donors (Lipinski definition) is 1. The average Bonchev–Trinajstić information content (AvgIpc) is 2.69. The Hall–Kier alpha value is -3.15. The molecule has 1 amide bonds. The van der Waals surface area contributed by atoms with Gasteiger partial charge in [0, 0.05) is 5.02 Å². The summed E-state index contributed by atoms with van der Waals surface area (Å²) in [5.41, 5.74) is 4.86. The average molecular weight is 427 g/mol. The van der Waals surface area contributed by atoms with Crippen molar-refractivity contribution in [2.45, 2.75) is 6.92 Å². The molecule has 0 aromatic heterocycles. The standard InChI is InChI=1S/C22H16Cl2N2O3/c1-14-2-11-19(20(24)12-14)21(27)26-25-13-15-3-9-18(10-4-15)29-22(28)16-5-7-17(23)8-6-16/h2-13H,1H3,(H,26,27)/b25-13+. The lowest BCUT2D eigenvalue weighted by Gasteiger charge is -2.05. The van der Waals surface area contributed by atoms with Crippen LogP contribution in [0.25, 0.3) is 0 Å². The Kier molecular flexibility index (Phi) is 6.65. The van der Waals surface area contributed by atoms with E-state index in [1.807, 2.05) is 6.92 Å². The number of hydrogen-bond acceptors (Lipinski definition) is 4. The summed E-state index contributed by atoms with van der Waals surface area (Å²) in [4.78, 5) is 24.2. The van der Waals surface area contributed by atoms with E-state index in [-0.39, 0.29) is 0 Å². The number of halogens is 2. The van der Waals surface area contributed by atoms with E-state index in [1.54, 1.807) is 66.7 Å². The Morgan fingerprint density at radius 1 is 0.966 bits per heavy atom. The van der Waals surface area contributed by atoms with Gasteiger partial charge in [-0.2, -0.15) is 5.10 Å². The first-order valence-corrected chi connectivity index (χ1v) is 9.35. The normalized spacial score (nSPS) is 10.7. The molecule has 3 aromatic rings. The van der Waals surface area contributed by atoms with E-state index in [1.165, 1.54) is 6.21 Å². The fourth-order valence-electron chi connectivity index (χ4n) is 2.40. The third-order valence-corrected chi connectivity index (χ3v) is 4.48. The number of rotatable bonds is 5. The summed E-state index contributed by atoms with van der Waals surface area (Å²) in [7, 11) is 0. The first kappa shape index (κ1) is 20.6. The highest BCUT2D eigenvalue weighted by Gasteiger charge is 2.10. The Bertz CT molecular complexity index is 1060.